The second-order valence-corrected chi connectivity index (χ2v) is 16.2. The number of rotatable bonds is 10. The number of nitro benzene ring substituents is 2. The van der Waals surface area contributed by atoms with Gasteiger partial charge in [-0.2, -0.15) is 5.01 Å². The number of nitro groups is 2. The third-order valence-electron chi connectivity index (χ3n) is 12.3. The summed E-state index contributed by atoms with van der Waals surface area (Å²) in [5.74, 6) is -7.83. The van der Waals surface area contributed by atoms with Crippen LogP contribution in [0, 0.1) is 43.9 Å². The zero-order valence-corrected chi connectivity index (χ0v) is 34.3. The molecule has 4 amide bonds. The quantitative estimate of drug-likeness (QED) is 0.0728. The molecule has 2 N–H and O–H groups in total. The molecule has 2 aliphatic carbocycles. The van der Waals surface area contributed by atoms with Crippen LogP contribution in [0.15, 0.2) is 84.4 Å². The summed E-state index contributed by atoms with van der Waals surface area (Å²) in [7, 11) is 5.65. The van der Waals surface area contributed by atoms with Gasteiger partial charge in [0, 0.05) is 37.2 Å². The van der Waals surface area contributed by atoms with Crippen molar-refractivity contribution in [2.24, 2.45) is 23.7 Å². The van der Waals surface area contributed by atoms with Crippen LogP contribution in [-0.4, -0.2) is 71.9 Å². The van der Waals surface area contributed by atoms with Crippen LogP contribution < -0.4 is 24.7 Å². The number of hydrogen-bond acceptors (Lipinski definition) is 13. The lowest BCUT2D eigenvalue weighted by Crippen LogP contribution is -2.53. The third kappa shape index (κ3) is 6.20. The number of aromatic hydroxyl groups is 1. The molecule has 0 radical (unpaired) electrons. The minimum atomic E-state index is -1.74. The van der Waals surface area contributed by atoms with E-state index in [2.05, 4.69) is 5.43 Å². The van der Waals surface area contributed by atoms with Crippen molar-refractivity contribution < 1.29 is 43.6 Å². The number of carbonyl (C=O) groups is 4. The van der Waals surface area contributed by atoms with Crippen molar-refractivity contribution in [2.75, 3.05) is 43.5 Å². The first kappa shape index (κ1) is 41.0. The maximum Gasteiger partial charge on any atom is 0.301 e. The van der Waals surface area contributed by atoms with Gasteiger partial charge in [-0.05, 0) is 72.4 Å². The van der Waals surface area contributed by atoms with Gasteiger partial charge < -0.3 is 19.5 Å². The van der Waals surface area contributed by atoms with E-state index in [4.69, 9.17) is 32.7 Å². The number of hydrogen-bond donors (Lipinski definition) is 2. The van der Waals surface area contributed by atoms with Gasteiger partial charge in [0.05, 0.1) is 63.6 Å². The summed E-state index contributed by atoms with van der Waals surface area (Å²) in [6.45, 7) is 0. The third-order valence-corrected chi connectivity index (χ3v) is 12.8. The van der Waals surface area contributed by atoms with Gasteiger partial charge in [-0.3, -0.25) is 44.8 Å². The van der Waals surface area contributed by atoms with Crippen LogP contribution in [0.3, 0.4) is 0 Å². The molecule has 6 unspecified atom stereocenters. The van der Waals surface area contributed by atoms with E-state index < -0.39 is 79.9 Å². The summed E-state index contributed by atoms with van der Waals surface area (Å²) < 4.78 is 10.8. The predicted molar refractivity (Wildman–Crippen MR) is 222 cm³/mol. The molecule has 4 aliphatic rings. The molecule has 3 fully saturated rings. The summed E-state index contributed by atoms with van der Waals surface area (Å²) >= 11 is 12.7. The summed E-state index contributed by atoms with van der Waals surface area (Å²) in [6, 6.07) is 17.7. The SMILES string of the molecule is COc1ccc(C23C(=O)N(Nc4ccc(Cl)cc4Cl)C(=O)C2CC2C(=CCC4C(=O)N(c5cc([N+](=O)[O-])c(N(C)C)c([N+](=O)[O-])c5)C(=O)C42)C3c2ccc(OC)c(O)c2)cc1. The number of imide groups is 2. The van der Waals surface area contributed by atoms with E-state index in [0.717, 1.165) is 22.0 Å². The summed E-state index contributed by atoms with van der Waals surface area (Å²) in [5, 5.41) is 37.1. The number of nitrogens with one attached hydrogen (secondary N) is 1. The molecule has 314 valence electrons. The topological polar surface area (TPSA) is 215 Å². The van der Waals surface area contributed by atoms with Gasteiger partial charge in [0.25, 0.3) is 11.8 Å². The van der Waals surface area contributed by atoms with Crippen LogP contribution in [0.5, 0.6) is 17.2 Å². The van der Waals surface area contributed by atoms with Crippen LogP contribution in [0.2, 0.25) is 10.0 Å². The number of fused-ring (bicyclic) bond motifs is 4. The summed E-state index contributed by atoms with van der Waals surface area (Å²) in [5.41, 5.74) is 0.666. The van der Waals surface area contributed by atoms with E-state index in [1.165, 1.54) is 63.5 Å². The van der Waals surface area contributed by atoms with Gasteiger partial charge in [-0.1, -0.05) is 53.1 Å². The molecule has 0 spiro atoms. The molecule has 17 nitrogen and oxygen atoms in total. The molecule has 8 rings (SSSR count). The van der Waals surface area contributed by atoms with Gasteiger partial charge in [0.1, 0.15) is 5.75 Å². The average molecular weight is 872 g/mol. The number of ether oxygens (including phenoxy) is 2. The molecule has 61 heavy (non-hydrogen) atoms. The highest BCUT2D eigenvalue weighted by atomic mass is 35.5. The smallest absolute Gasteiger partial charge is 0.301 e. The molecular formula is C42H36Cl2N6O11. The van der Waals surface area contributed by atoms with E-state index in [1.54, 1.807) is 36.4 Å². The Kier molecular flexibility index (Phi) is 10.1. The number of phenols is 1. The molecule has 2 saturated heterocycles. The van der Waals surface area contributed by atoms with E-state index in [0.29, 0.717) is 27.5 Å². The zero-order valence-electron chi connectivity index (χ0n) is 32.8. The molecule has 4 aromatic carbocycles. The normalized spacial score (nSPS) is 24.2. The first-order valence-corrected chi connectivity index (χ1v) is 19.6. The lowest BCUT2D eigenvalue weighted by atomic mass is 9.49. The molecule has 0 bridgehead atoms. The fraction of sp³-hybridized carbons (Fsp3) is 0.286. The van der Waals surface area contributed by atoms with Crippen molar-refractivity contribution in [3.05, 3.63) is 126 Å². The molecule has 19 heteroatoms. The van der Waals surface area contributed by atoms with Gasteiger partial charge in [-0.15, -0.1) is 0 Å². The van der Waals surface area contributed by atoms with E-state index in [1.807, 2.05) is 0 Å². The number of methoxy groups -OCH3 is 2. The van der Waals surface area contributed by atoms with Gasteiger partial charge in [0.2, 0.25) is 11.8 Å². The monoisotopic (exact) mass is 870 g/mol. The number of allylic oxidation sites excluding steroid dienone is 2. The summed E-state index contributed by atoms with van der Waals surface area (Å²) in [4.78, 5) is 84.6. The highest BCUT2D eigenvalue weighted by Gasteiger charge is 2.70. The van der Waals surface area contributed by atoms with Gasteiger partial charge >= 0.3 is 11.4 Å². The lowest BCUT2D eigenvalue weighted by molar-refractivity contribution is -0.392. The molecule has 2 aliphatic heterocycles. The van der Waals surface area contributed by atoms with E-state index >= 15 is 9.59 Å². The predicted octanol–water partition coefficient (Wildman–Crippen LogP) is 6.79. The molecule has 2 heterocycles. The number of hydrazine groups is 1. The van der Waals surface area contributed by atoms with Crippen LogP contribution in [0.1, 0.15) is 29.9 Å². The minimum Gasteiger partial charge on any atom is -0.504 e. The first-order valence-electron chi connectivity index (χ1n) is 18.9. The van der Waals surface area contributed by atoms with Crippen molar-refractivity contribution in [1.82, 2.24) is 5.01 Å². The number of benzene rings is 4. The maximum absolute atomic E-state index is 15.5. The Bertz CT molecular complexity index is 2590. The fourth-order valence-corrected chi connectivity index (χ4v) is 10.3. The van der Waals surface area contributed by atoms with Crippen molar-refractivity contribution in [3.8, 4) is 17.2 Å². The molecular weight excluding hydrogens is 835 g/mol. The van der Waals surface area contributed by atoms with E-state index in [9.17, 15) is 34.9 Å². The standard InChI is InChI=1S/C42H36Cl2N6O11/c1-46(2)37-31(49(56)57)17-23(18-32(37)50(58)59)47-38(52)26-12-11-25-27(35(26)40(47)54)19-28-39(53)48(45-30-13-8-22(43)16-29(30)44)41(55)42(28,21-6-9-24(60-3)10-7-21)36(25)20-5-14-34(61-4)33(51)15-20/h5-11,13-18,26-28,35-36,45,51H,12,19H2,1-4H3. The Morgan fingerprint density at radius 2 is 1.52 bits per heavy atom. The fourth-order valence-electron chi connectivity index (χ4n) is 9.81. The Balaban J connectivity index is 1.32. The van der Waals surface area contributed by atoms with Crippen LogP contribution in [0.4, 0.5) is 28.4 Å². The van der Waals surface area contributed by atoms with Crippen molar-refractivity contribution >= 4 is 75.3 Å². The largest absolute Gasteiger partial charge is 0.504 e. The summed E-state index contributed by atoms with van der Waals surface area (Å²) in [6.07, 6.45) is 1.63. The van der Waals surface area contributed by atoms with Gasteiger partial charge in [0.15, 0.2) is 17.2 Å². The van der Waals surface area contributed by atoms with Crippen molar-refractivity contribution in [1.29, 1.82) is 0 Å². The molecule has 0 aromatic heterocycles. The van der Waals surface area contributed by atoms with Crippen LogP contribution in [-0.2, 0) is 24.6 Å². The number of amides is 4. The Hall–Kier alpha value is -6.72. The molecule has 4 aromatic rings. The highest BCUT2D eigenvalue weighted by molar-refractivity contribution is 6.36. The zero-order chi connectivity index (χ0) is 43.8. The Morgan fingerprint density at radius 3 is 2.10 bits per heavy atom. The maximum atomic E-state index is 15.5. The van der Waals surface area contributed by atoms with Gasteiger partial charge in [-0.25, -0.2) is 4.90 Å². The Morgan fingerprint density at radius 1 is 0.852 bits per heavy atom. The van der Waals surface area contributed by atoms with Crippen molar-refractivity contribution in [2.45, 2.75) is 24.2 Å². The van der Waals surface area contributed by atoms with Crippen molar-refractivity contribution in [3.63, 3.8) is 0 Å². The molecule has 1 saturated carbocycles. The number of phenolic OH excluding ortho intramolecular Hbond substituents is 1. The first-order chi connectivity index (χ1) is 29.0. The van der Waals surface area contributed by atoms with Crippen LogP contribution in [0.25, 0.3) is 0 Å². The lowest BCUT2D eigenvalue weighted by Gasteiger charge is -2.50. The number of nitrogens with zero attached hydrogens (tertiary/aromatic N) is 5. The highest BCUT2D eigenvalue weighted by Crippen LogP contribution is 2.65. The molecule has 6 atom stereocenters. The van der Waals surface area contributed by atoms with Crippen LogP contribution >= 0.6 is 23.2 Å². The average Bonchev–Trinajstić information content (AvgIpc) is 3.61. The number of anilines is 3. The van der Waals surface area contributed by atoms with E-state index in [-0.39, 0.29) is 46.4 Å². The second-order valence-electron chi connectivity index (χ2n) is 15.4. The number of carbonyl (C=O) groups excluding carboxylic acids is 4. The number of halogens is 2. The minimum absolute atomic E-state index is 0.0238. The Labute approximate surface area is 357 Å². The second kappa shape index (κ2) is 15.1.